The lowest BCUT2D eigenvalue weighted by molar-refractivity contribution is 0.954. The molecule has 0 bridgehead atoms. The number of nitrogens with zero attached hydrogens (tertiary/aromatic N) is 7. The molecule has 12 aromatic carbocycles. The van der Waals surface area contributed by atoms with Crippen molar-refractivity contribution in [3.05, 3.63) is 283 Å². The Labute approximate surface area is 545 Å². The number of rotatable bonds is 5. The highest BCUT2D eigenvalue weighted by Gasteiger charge is 2.27. The fraction of sp³-hybridized carbons (Fsp3) is 0.0127. The van der Waals surface area contributed by atoms with Gasteiger partial charge in [0.15, 0.2) is 23.3 Å². The summed E-state index contributed by atoms with van der Waals surface area (Å²) in [5.74, 6) is 3.26. The predicted octanol–water partition coefficient (Wildman–Crippen LogP) is 23.0. The maximum Gasteiger partial charge on any atom is 0.238 e. The Balaban J connectivity index is 0.000000113. The highest BCUT2D eigenvalue weighted by atomic mass is 79.9. The fourth-order valence-corrected chi connectivity index (χ4v) is 18.5. The van der Waals surface area contributed by atoms with Gasteiger partial charge in [0.25, 0.3) is 0 Å². The molecule has 0 atom stereocenters. The van der Waals surface area contributed by atoms with E-state index in [0.29, 0.717) is 34.0 Å². The molecule has 19 aromatic rings. The Hall–Kier alpha value is -10.2. The summed E-state index contributed by atoms with van der Waals surface area (Å²) >= 11 is 11.0. The minimum Gasteiger partial charge on any atom is -0.278 e. The maximum absolute atomic E-state index is 5.17. The van der Waals surface area contributed by atoms with Gasteiger partial charge in [-0.3, -0.25) is 4.57 Å². The van der Waals surface area contributed by atoms with E-state index < -0.39 is 0 Å². The first-order valence-electron chi connectivity index (χ1n) is 30.0. The summed E-state index contributed by atoms with van der Waals surface area (Å²) in [6.07, 6.45) is 1.05. The SMILES string of the molecule is Brc1nc(-c2ccccc2)nc(-c2ccccc2)n1.c1ccc(-c2nc(-c3ccccc3)nc(-n3c4ccc5c6ccccc6sc5c4c4c5sc6ccccc6c5ccc43)n2)cc1.c1ccc2c(c1)sc1c3c(ccc12)Cc1ccc2c(sc4ccccc42)c1-3. The van der Waals surface area contributed by atoms with Crippen molar-refractivity contribution >= 4 is 164 Å². The van der Waals surface area contributed by atoms with E-state index in [1.54, 1.807) is 0 Å². The van der Waals surface area contributed by atoms with Crippen LogP contribution in [0.5, 0.6) is 0 Å². The van der Waals surface area contributed by atoms with Gasteiger partial charge in [-0.25, -0.2) is 19.9 Å². The second kappa shape index (κ2) is 22.1. The summed E-state index contributed by atoms with van der Waals surface area (Å²) < 4.78 is 13.7. The number of aromatic nitrogens is 7. The van der Waals surface area contributed by atoms with Crippen molar-refractivity contribution in [3.8, 4) is 62.6 Å². The fourth-order valence-electron chi connectivity index (χ4n) is 13.1. The van der Waals surface area contributed by atoms with Gasteiger partial charge in [0, 0.05) is 125 Å². The summed E-state index contributed by atoms with van der Waals surface area (Å²) in [6, 6.07) is 93.6. The minimum atomic E-state index is 0.542. The van der Waals surface area contributed by atoms with Crippen LogP contribution in [0.2, 0.25) is 0 Å². The first kappa shape index (κ1) is 53.8. The van der Waals surface area contributed by atoms with Crippen molar-refractivity contribution in [2.75, 3.05) is 0 Å². The van der Waals surface area contributed by atoms with Crippen LogP contribution in [0.3, 0.4) is 0 Å². The predicted molar refractivity (Wildman–Crippen MR) is 390 cm³/mol. The zero-order chi connectivity index (χ0) is 60.1. The van der Waals surface area contributed by atoms with Crippen LogP contribution in [0.4, 0.5) is 0 Å². The molecule has 12 heteroatoms. The van der Waals surface area contributed by atoms with Crippen molar-refractivity contribution in [2.24, 2.45) is 0 Å². The first-order chi connectivity index (χ1) is 45.0. The average Bonchev–Trinajstić information content (AvgIpc) is 1.56. The molecule has 0 fully saturated rings. The average molecular weight is 1300 g/mol. The van der Waals surface area contributed by atoms with Gasteiger partial charge >= 0.3 is 0 Å². The van der Waals surface area contributed by atoms with E-state index in [1.807, 2.05) is 142 Å². The molecular weight excluding hydrogens is 1260 g/mol. The molecule has 1 aliphatic rings. The standard InChI is InChI=1S/C39H22N4S2.C25H14S2.C15H10BrN3/c1-3-11-23(12-4-1)37-40-38(24-13-5-2-6-14-24)42-39(41-37)43-29-21-19-27-25-15-7-9-17-31(25)44-35(27)33(29)34-30(43)22-20-28-26-16-8-10-18-32(26)45-36(28)34;1-3-7-20-16(5-1)18-11-9-14-13-15-10-12-19-17-6-2-4-8-21(17)27-25(19)23(15)22(14)24(18)26-20;16-15-18-13(11-7-3-1-4-8-11)17-14(19-15)12-9-5-2-6-10-12/h1-22H;1-12H,13H2;1-10H. The van der Waals surface area contributed by atoms with Crippen LogP contribution in [-0.4, -0.2) is 34.5 Å². The smallest absolute Gasteiger partial charge is 0.238 e. The van der Waals surface area contributed by atoms with Gasteiger partial charge in [-0.2, -0.15) is 9.97 Å². The summed E-state index contributed by atoms with van der Waals surface area (Å²) in [7, 11) is 0. The molecule has 7 heterocycles. The first-order valence-corrected chi connectivity index (χ1v) is 34.0. The molecule has 0 radical (unpaired) electrons. The molecule has 0 amide bonds. The second-order valence-corrected chi connectivity index (χ2v) is 27.4. The normalized spacial score (nSPS) is 12.0. The minimum absolute atomic E-state index is 0.542. The van der Waals surface area contributed by atoms with Crippen LogP contribution in [0.15, 0.2) is 272 Å². The molecule has 7 nitrogen and oxygen atoms in total. The number of benzene rings is 12. The Bertz CT molecular complexity index is 5720. The molecule has 0 unspecified atom stereocenters. The van der Waals surface area contributed by atoms with E-state index in [9.17, 15) is 0 Å². The van der Waals surface area contributed by atoms with Crippen molar-refractivity contribution in [2.45, 2.75) is 6.42 Å². The quantitative estimate of drug-likeness (QED) is 0.171. The second-order valence-electron chi connectivity index (χ2n) is 22.5. The molecule has 1 aliphatic carbocycles. The Morgan fingerprint density at radius 2 is 0.571 bits per heavy atom. The van der Waals surface area contributed by atoms with E-state index in [2.05, 4.69) is 205 Å². The van der Waals surface area contributed by atoms with Gasteiger partial charge in [0.2, 0.25) is 10.7 Å². The Kier molecular flexibility index (Phi) is 13.1. The molecule has 0 spiro atoms. The van der Waals surface area contributed by atoms with E-state index in [-0.39, 0.29) is 0 Å². The topological polar surface area (TPSA) is 82.3 Å². The zero-order valence-electron chi connectivity index (χ0n) is 48.3. The van der Waals surface area contributed by atoms with E-state index in [0.717, 1.165) is 39.7 Å². The van der Waals surface area contributed by atoms with Crippen molar-refractivity contribution in [3.63, 3.8) is 0 Å². The van der Waals surface area contributed by atoms with Crippen LogP contribution in [-0.2, 0) is 6.42 Å². The molecule has 0 saturated carbocycles. The van der Waals surface area contributed by atoms with Crippen LogP contribution in [0.1, 0.15) is 11.1 Å². The molecular formula is C79H46BrN7S4. The lowest BCUT2D eigenvalue weighted by Crippen LogP contribution is -2.06. The summed E-state index contributed by atoms with van der Waals surface area (Å²) in [4.78, 5) is 28.5. The van der Waals surface area contributed by atoms with Gasteiger partial charge < -0.3 is 0 Å². The molecule has 20 rings (SSSR count). The van der Waals surface area contributed by atoms with Crippen molar-refractivity contribution < 1.29 is 0 Å². The third-order valence-electron chi connectivity index (χ3n) is 17.2. The lowest BCUT2D eigenvalue weighted by atomic mass is 10.0. The number of halogens is 1. The summed E-state index contributed by atoms with van der Waals surface area (Å²) in [5, 5.41) is 13.2. The van der Waals surface area contributed by atoms with E-state index >= 15 is 0 Å². The Morgan fingerprint density at radius 3 is 0.934 bits per heavy atom. The molecule has 428 valence electrons. The van der Waals surface area contributed by atoms with Crippen LogP contribution >= 0.6 is 61.3 Å². The van der Waals surface area contributed by atoms with Crippen LogP contribution < -0.4 is 0 Å². The van der Waals surface area contributed by atoms with Gasteiger partial charge in [-0.05, 0) is 69.9 Å². The highest BCUT2D eigenvalue weighted by molar-refractivity contribution is 9.10. The van der Waals surface area contributed by atoms with Gasteiger partial charge in [0.1, 0.15) is 0 Å². The van der Waals surface area contributed by atoms with E-state index in [4.69, 9.17) is 15.0 Å². The van der Waals surface area contributed by atoms with Gasteiger partial charge in [-0.1, -0.05) is 231 Å². The highest BCUT2D eigenvalue weighted by Crippen LogP contribution is 2.52. The summed E-state index contributed by atoms with van der Waals surface area (Å²) in [6.45, 7) is 0. The van der Waals surface area contributed by atoms with Gasteiger partial charge in [-0.15, -0.1) is 45.3 Å². The van der Waals surface area contributed by atoms with Crippen LogP contribution in [0, 0.1) is 0 Å². The molecule has 91 heavy (non-hydrogen) atoms. The largest absolute Gasteiger partial charge is 0.278 e. The number of thiophene rings is 4. The molecule has 7 aromatic heterocycles. The Morgan fingerprint density at radius 1 is 0.275 bits per heavy atom. The number of fused-ring (bicyclic) bond motifs is 22. The third-order valence-corrected chi connectivity index (χ3v) is 22.4. The molecule has 0 saturated heterocycles. The van der Waals surface area contributed by atoms with Crippen molar-refractivity contribution in [1.29, 1.82) is 0 Å². The van der Waals surface area contributed by atoms with Crippen molar-refractivity contribution in [1.82, 2.24) is 34.5 Å². The maximum atomic E-state index is 5.17. The third kappa shape index (κ3) is 9.15. The number of hydrogen-bond acceptors (Lipinski definition) is 10. The molecule has 0 aliphatic heterocycles. The number of hydrogen-bond donors (Lipinski definition) is 0. The molecule has 0 N–H and O–H groups in total. The van der Waals surface area contributed by atoms with Gasteiger partial charge in [0.05, 0.1) is 11.0 Å². The summed E-state index contributed by atoms with van der Waals surface area (Å²) in [5.41, 5.74) is 12.0. The lowest BCUT2D eigenvalue weighted by Gasteiger charge is -2.11. The monoisotopic (exact) mass is 1300 g/mol. The van der Waals surface area contributed by atoms with E-state index in [1.165, 1.54) is 114 Å². The zero-order valence-corrected chi connectivity index (χ0v) is 53.1. The van der Waals surface area contributed by atoms with Crippen LogP contribution in [0.25, 0.3) is 165 Å².